The van der Waals surface area contributed by atoms with Crippen LogP contribution in [-0.4, -0.2) is 36.4 Å². The third-order valence-corrected chi connectivity index (χ3v) is 14.8. The van der Waals surface area contributed by atoms with Gasteiger partial charge in [0.05, 0.1) is 6.61 Å². The van der Waals surface area contributed by atoms with Gasteiger partial charge in [0.15, 0.2) is 6.10 Å². The zero-order valence-electron chi connectivity index (χ0n) is 54.6. The van der Waals surface area contributed by atoms with Crippen molar-refractivity contribution in [2.24, 2.45) is 0 Å². The Morgan fingerprint density at radius 1 is 0.274 bits per heavy atom. The fourth-order valence-electron chi connectivity index (χ4n) is 9.66. The molecule has 0 radical (unpaired) electrons. The average molecular weight is 1160 g/mol. The minimum atomic E-state index is -0.783. The smallest absolute Gasteiger partial charge is 0.306 e. The fraction of sp³-hybridized carbons (Fsp3) is 0.646. The summed E-state index contributed by atoms with van der Waals surface area (Å²) >= 11 is 0. The van der Waals surface area contributed by atoms with Crippen LogP contribution in [0.2, 0.25) is 0 Å². The van der Waals surface area contributed by atoms with Crippen LogP contribution in [0.3, 0.4) is 0 Å². The molecule has 0 aliphatic carbocycles. The van der Waals surface area contributed by atoms with E-state index in [-0.39, 0.29) is 25.2 Å². The van der Waals surface area contributed by atoms with Crippen LogP contribution in [-0.2, 0) is 19.1 Å². The summed E-state index contributed by atoms with van der Waals surface area (Å²) in [4.78, 5) is 24.7. The van der Waals surface area contributed by atoms with E-state index in [9.17, 15) is 14.7 Å². The molecule has 0 aromatic rings. The molecule has 1 N–H and O–H groups in total. The molecule has 0 amide bonds. The zero-order chi connectivity index (χ0) is 60.5. The molecule has 0 saturated carbocycles. The van der Waals surface area contributed by atoms with Crippen LogP contribution < -0.4 is 0 Å². The van der Waals surface area contributed by atoms with E-state index in [4.69, 9.17) is 9.47 Å². The Morgan fingerprint density at radius 3 is 0.714 bits per heavy atom. The maximum atomic E-state index is 12.4. The maximum absolute atomic E-state index is 12.4. The molecule has 0 aromatic heterocycles. The van der Waals surface area contributed by atoms with E-state index < -0.39 is 6.10 Å². The summed E-state index contributed by atoms with van der Waals surface area (Å²) in [6.07, 6.45) is 111. The van der Waals surface area contributed by atoms with E-state index >= 15 is 0 Å². The number of hydrogen-bond acceptors (Lipinski definition) is 5. The highest BCUT2D eigenvalue weighted by Gasteiger charge is 2.16. The van der Waals surface area contributed by atoms with Crippen LogP contribution in [0.15, 0.2) is 158 Å². The number of esters is 2. The van der Waals surface area contributed by atoms with Gasteiger partial charge < -0.3 is 14.6 Å². The molecule has 5 heteroatoms. The lowest BCUT2D eigenvalue weighted by molar-refractivity contribution is -0.161. The van der Waals surface area contributed by atoms with E-state index in [1.807, 2.05) is 0 Å². The zero-order valence-corrected chi connectivity index (χ0v) is 54.6. The first-order valence-corrected chi connectivity index (χ1v) is 35.0. The average Bonchev–Trinajstić information content (AvgIpc) is 3.51. The van der Waals surface area contributed by atoms with E-state index in [0.29, 0.717) is 12.8 Å². The van der Waals surface area contributed by atoms with Crippen molar-refractivity contribution in [1.29, 1.82) is 0 Å². The second-order valence-corrected chi connectivity index (χ2v) is 22.8. The monoisotopic (exact) mass is 1160 g/mol. The lowest BCUT2D eigenvalue weighted by Gasteiger charge is -2.15. The topological polar surface area (TPSA) is 72.8 Å². The number of allylic oxidation sites excluding steroid dienone is 26. The first kappa shape index (κ1) is 79.5. The molecule has 0 fully saturated rings. The standard InChI is InChI=1S/C79H130O5/c1-3-5-7-9-11-13-15-17-19-21-23-25-27-29-31-33-35-37-38-39-40-42-44-46-48-50-52-54-56-58-60-62-64-66-68-70-72-74-79(82)84-77(75-80)76-83-78(81)73-71-69-67-65-63-61-59-57-55-53-51-49-47-45-43-41-36-34-32-30-28-26-24-22-20-18-16-14-12-10-8-6-4-2/h5-8,11-14,17-20,23-26,29-32,35-37,39-41,77,80H,3-4,9-10,15-16,21-22,27-28,33-34,38,42-76H2,1-2H3/b7-5-,8-6-,13-11-,14-12-,19-17-,20-18-,25-23-,26-24-,31-29-,32-30-,37-35-,40-39-,41-36-. The summed E-state index contributed by atoms with van der Waals surface area (Å²) in [5.41, 5.74) is 0. The van der Waals surface area contributed by atoms with Gasteiger partial charge in [-0.05, 0) is 122 Å². The minimum absolute atomic E-state index is 0.0715. The highest BCUT2D eigenvalue weighted by Crippen LogP contribution is 2.17. The molecular formula is C79H130O5. The number of aliphatic hydroxyl groups excluding tert-OH is 1. The number of aliphatic hydroxyl groups is 1. The highest BCUT2D eigenvalue weighted by atomic mass is 16.6. The van der Waals surface area contributed by atoms with Gasteiger partial charge in [0, 0.05) is 12.8 Å². The number of hydrogen-bond donors (Lipinski definition) is 1. The van der Waals surface area contributed by atoms with E-state index in [2.05, 4.69) is 172 Å². The summed E-state index contributed by atoms with van der Waals surface area (Å²) < 4.78 is 10.8. The van der Waals surface area contributed by atoms with Gasteiger partial charge in [-0.3, -0.25) is 9.59 Å². The molecule has 0 saturated heterocycles. The fourth-order valence-corrected chi connectivity index (χ4v) is 9.66. The van der Waals surface area contributed by atoms with E-state index in [1.54, 1.807) is 0 Å². The molecule has 5 nitrogen and oxygen atoms in total. The Hall–Kier alpha value is -4.48. The summed E-state index contributed by atoms with van der Waals surface area (Å²) in [7, 11) is 0. The van der Waals surface area contributed by atoms with Gasteiger partial charge in [-0.2, -0.15) is 0 Å². The molecule has 0 rings (SSSR count). The summed E-state index contributed by atoms with van der Waals surface area (Å²) in [6, 6.07) is 0. The molecule has 1 unspecified atom stereocenters. The third-order valence-electron chi connectivity index (χ3n) is 14.8. The predicted molar refractivity (Wildman–Crippen MR) is 370 cm³/mol. The van der Waals surface area contributed by atoms with Crippen molar-refractivity contribution in [2.45, 2.75) is 315 Å². The van der Waals surface area contributed by atoms with Gasteiger partial charge in [-0.25, -0.2) is 0 Å². The van der Waals surface area contributed by atoms with Crippen molar-refractivity contribution in [3.05, 3.63) is 158 Å². The number of carbonyl (C=O) groups excluding carboxylic acids is 2. The van der Waals surface area contributed by atoms with E-state index in [0.717, 1.165) is 122 Å². The summed E-state index contributed by atoms with van der Waals surface area (Å²) in [5.74, 6) is -0.589. The Kier molecular flexibility index (Phi) is 68.9. The quantitative estimate of drug-likeness (QED) is 0.0373. The van der Waals surface area contributed by atoms with Gasteiger partial charge in [-0.1, -0.05) is 332 Å². The molecule has 0 aliphatic heterocycles. The van der Waals surface area contributed by atoms with Crippen molar-refractivity contribution in [3.8, 4) is 0 Å². The summed E-state index contributed by atoms with van der Waals surface area (Å²) in [6.45, 7) is 3.93. The Morgan fingerprint density at radius 2 is 0.476 bits per heavy atom. The molecule has 0 spiro atoms. The molecule has 0 bridgehead atoms. The molecule has 0 aromatic carbocycles. The van der Waals surface area contributed by atoms with Crippen molar-refractivity contribution in [1.82, 2.24) is 0 Å². The third kappa shape index (κ3) is 70.0. The van der Waals surface area contributed by atoms with E-state index in [1.165, 1.54) is 161 Å². The van der Waals surface area contributed by atoms with Gasteiger partial charge in [0.1, 0.15) is 6.61 Å². The van der Waals surface area contributed by atoms with Crippen molar-refractivity contribution < 1.29 is 24.2 Å². The van der Waals surface area contributed by atoms with Gasteiger partial charge >= 0.3 is 11.9 Å². The Labute approximate surface area is 520 Å². The number of ether oxygens (including phenoxy) is 2. The molecule has 84 heavy (non-hydrogen) atoms. The van der Waals surface area contributed by atoms with Crippen LogP contribution in [0, 0.1) is 0 Å². The van der Waals surface area contributed by atoms with Crippen LogP contribution in [0.25, 0.3) is 0 Å². The summed E-state index contributed by atoms with van der Waals surface area (Å²) in [5, 5.41) is 9.71. The predicted octanol–water partition coefficient (Wildman–Crippen LogP) is 24.6. The van der Waals surface area contributed by atoms with Crippen molar-refractivity contribution in [2.75, 3.05) is 13.2 Å². The molecule has 0 aliphatic rings. The molecule has 476 valence electrons. The first-order chi connectivity index (χ1) is 41.6. The number of rotatable bonds is 63. The normalized spacial score (nSPS) is 13.2. The number of unbranched alkanes of at least 4 members (excludes halogenated alkanes) is 29. The van der Waals surface area contributed by atoms with Crippen molar-refractivity contribution >= 4 is 11.9 Å². The van der Waals surface area contributed by atoms with Gasteiger partial charge in [-0.15, -0.1) is 0 Å². The lowest BCUT2D eigenvalue weighted by Crippen LogP contribution is -2.28. The van der Waals surface area contributed by atoms with Crippen LogP contribution in [0.5, 0.6) is 0 Å². The maximum Gasteiger partial charge on any atom is 0.306 e. The Balaban J connectivity index is 3.50. The van der Waals surface area contributed by atoms with Crippen LogP contribution in [0.4, 0.5) is 0 Å². The molecule has 0 heterocycles. The van der Waals surface area contributed by atoms with Crippen LogP contribution >= 0.6 is 0 Å². The van der Waals surface area contributed by atoms with Crippen molar-refractivity contribution in [3.63, 3.8) is 0 Å². The largest absolute Gasteiger partial charge is 0.462 e. The van der Waals surface area contributed by atoms with Gasteiger partial charge in [0.25, 0.3) is 0 Å². The molecular weight excluding hydrogens is 1030 g/mol. The number of carbonyl (C=O) groups is 2. The highest BCUT2D eigenvalue weighted by molar-refractivity contribution is 5.70. The lowest BCUT2D eigenvalue weighted by atomic mass is 10.0. The molecule has 1 atom stereocenters. The second kappa shape index (κ2) is 72.8. The van der Waals surface area contributed by atoms with Gasteiger partial charge in [0.2, 0.25) is 0 Å². The SMILES string of the molecule is CC/C=C\C/C=C\C/C=C\C/C=C\C/C=C\C/C=C\C/C=C\CCCCCCCCCCCCCCCCCC(=O)OC(CO)COC(=O)CCCCCCCCCCCCCCCC/C=C\C/C=C\C/C=C\C/C=C\C/C=C\C/C=C\CC. The van der Waals surface area contributed by atoms with Crippen LogP contribution in [0.1, 0.15) is 309 Å². The second-order valence-electron chi connectivity index (χ2n) is 22.8. The minimum Gasteiger partial charge on any atom is -0.462 e. The first-order valence-electron chi connectivity index (χ1n) is 35.0. The Bertz CT molecular complexity index is 1790.